The number of hydrogen-bond acceptors (Lipinski definition) is 4. The zero-order valence-corrected chi connectivity index (χ0v) is 12.4. The van der Waals surface area contributed by atoms with Crippen molar-refractivity contribution in [1.82, 2.24) is 10.1 Å². The lowest BCUT2D eigenvalue weighted by Crippen LogP contribution is -2.17. The van der Waals surface area contributed by atoms with Gasteiger partial charge >= 0.3 is 0 Å². The topological polar surface area (TPSA) is 64.9 Å². The second kappa shape index (κ2) is 6.51. The molecule has 2 rings (SSSR count). The molecule has 0 bridgehead atoms. The van der Waals surface area contributed by atoms with Crippen molar-refractivity contribution in [2.24, 2.45) is 17.6 Å². The van der Waals surface area contributed by atoms with E-state index in [2.05, 4.69) is 30.9 Å². The van der Waals surface area contributed by atoms with Crippen LogP contribution >= 0.6 is 0 Å². The minimum atomic E-state index is -0.141. The van der Waals surface area contributed by atoms with E-state index in [0.29, 0.717) is 17.7 Å². The molecule has 1 saturated carbocycles. The summed E-state index contributed by atoms with van der Waals surface area (Å²) >= 11 is 0. The molecule has 1 aromatic rings. The van der Waals surface area contributed by atoms with Gasteiger partial charge in [0.05, 0.1) is 6.04 Å². The number of aromatic nitrogens is 2. The summed E-state index contributed by atoms with van der Waals surface area (Å²) in [5, 5.41) is 4.15. The molecule has 0 aliphatic heterocycles. The summed E-state index contributed by atoms with van der Waals surface area (Å²) in [7, 11) is 0. The Hall–Kier alpha value is -0.900. The monoisotopic (exact) mass is 265 g/mol. The molecule has 0 saturated heterocycles. The third-order valence-corrected chi connectivity index (χ3v) is 4.37. The van der Waals surface area contributed by atoms with Crippen LogP contribution in [0.5, 0.6) is 0 Å². The molecular weight excluding hydrogens is 238 g/mol. The smallest absolute Gasteiger partial charge is 0.243 e. The summed E-state index contributed by atoms with van der Waals surface area (Å²) in [6.45, 7) is 6.42. The van der Waals surface area contributed by atoms with Crippen molar-refractivity contribution >= 4 is 0 Å². The number of rotatable bonds is 5. The molecular formula is C15H27N3O. The normalized spacial score (nSPS) is 25.7. The molecule has 4 nitrogen and oxygen atoms in total. The second-order valence-electron chi connectivity index (χ2n) is 6.27. The van der Waals surface area contributed by atoms with Gasteiger partial charge in [-0.15, -0.1) is 0 Å². The standard InChI is InChI=1S/C15H27N3O/c1-4-5-11-6-8-12(9-7-11)14-17-15(19-18-14)13(16)10(2)3/h10-13H,4-9,16H2,1-3H3. The maximum atomic E-state index is 6.05. The van der Waals surface area contributed by atoms with Crippen molar-refractivity contribution in [2.75, 3.05) is 0 Å². The van der Waals surface area contributed by atoms with E-state index in [-0.39, 0.29) is 6.04 Å². The fourth-order valence-electron chi connectivity index (χ4n) is 2.95. The highest BCUT2D eigenvalue weighted by Crippen LogP contribution is 2.36. The maximum Gasteiger partial charge on any atom is 0.243 e. The summed E-state index contributed by atoms with van der Waals surface area (Å²) in [6.07, 6.45) is 7.66. The zero-order chi connectivity index (χ0) is 13.8. The molecule has 1 aliphatic carbocycles. The van der Waals surface area contributed by atoms with Gasteiger partial charge in [0.2, 0.25) is 5.89 Å². The van der Waals surface area contributed by atoms with Crippen LogP contribution < -0.4 is 5.73 Å². The van der Waals surface area contributed by atoms with Gasteiger partial charge in [-0.2, -0.15) is 4.98 Å². The molecule has 1 atom stereocenters. The van der Waals surface area contributed by atoms with Gasteiger partial charge in [-0.25, -0.2) is 0 Å². The highest BCUT2D eigenvalue weighted by molar-refractivity contribution is 5.00. The SMILES string of the molecule is CCCC1CCC(c2noc(C(N)C(C)C)n2)CC1. The van der Waals surface area contributed by atoms with Crippen molar-refractivity contribution < 1.29 is 4.52 Å². The molecule has 0 spiro atoms. The summed E-state index contributed by atoms with van der Waals surface area (Å²) in [4.78, 5) is 4.52. The van der Waals surface area contributed by atoms with Crippen LogP contribution in [0, 0.1) is 11.8 Å². The maximum absolute atomic E-state index is 6.05. The molecule has 19 heavy (non-hydrogen) atoms. The number of hydrogen-bond donors (Lipinski definition) is 1. The third-order valence-electron chi connectivity index (χ3n) is 4.37. The van der Waals surface area contributed by atoms with Crippen molar-refractivity contribution in [2.45, 2.75) is 71.3 Å². The molecule has 108 valence electrons. The summed E-state index contributed by atoms with van der Waals surface area (Å²) in [5.41, 5.74) is 6.05. The Morgan fingerprint density at radius 2 is 1.95 bits per heavy atom. The van der Waals surface area contributed by atoms with Crippen molar-refractivity contribution in [1.29, 1.82) is 0 Å². The van der Waals surface area contributed by atoms with Gasteiger partial charge in [0.15, 0.2) is 5.82 Å². The van der Waals surface area contributed by atoms with E-state index in [1.807, 2.05) is 0 Å². The lowest BCUT2D eigenvalue weighted by molar-refractivity contribution is 0.290. The molecule has 0 aromatic carbocycles. The van der Waals surface area contributed by atoms with Gasteiger partial charge in [-0.3, -0.25) is 0 Å². The van der Waals surface area contributed by atoms with Gasteiger partial charge in [-0.1, -0.05) is 38.8 Å². The van der Waals surface area contributed by atoms with Gasteiger partial charge < -0.3 is 10.3 Å². The average molecular weight is 265 g/mol. The molecule has 1 fully saturated rings. The molecule has 2 N–H and O–H groups in total. The minimum Gasteiger partial charge on any atom is -0.338 e. The predicted molar refractivity (Wildman–Crippen MR) is 75.7 cm³/mol. The number of nitrogens with zero attached hydrogens (tertiary/aromatic N) is 2. The predicted octanol–water partition coefficient (Wildman–Crippen LogP) is 3.80. The van der Waals surface area contributed by atoms with Gasteiger partial charge in [0.1, 0.15) is 0 Å². The van der Waals surface area contributed by atoms with Gasteiger partial charge in [0, 0.05) is 5.92 Å². The summed E-state index contributed by atoms with van der Waals surface area (Å²) in [6, 6.07) is -0.141. The largest absolute Gasteiger partial charge is 0.338 e. The molecule has 1 heterocycles. The second-order valence-corrected chi connectivity index (χ2v) is 6.27. The van der Waals surface area contributed by atoms with Gasteiger partial charge in [0.25, 0.3) is 0 Å². The first-order valence-corrected chi connectivity index (χ1v) is 7.70. The molecule has 1 aliphatic rings. The van der Waals surface area contributed by atoms with Crippen LogP contribution in [0.25, 0.3) is 0 Å². The van der Waals surface area contributed by atoms with Crippen molar-refractivity contribution in [3.63, 3.8) is 0 Å². The van der Waals surface area contributed by atoms with E-state index < -0.39 is 0 Å². The fraction of sp³-hybridized carbons (Fsp3) is 0.867. The van der Waals surface area contributed by atoms with E-state index in [1.165, 1.54) is 38.5 Å². The summed E-state index contributed by atoms with van der Waals surface area (Å²) < 4.78 is 5.33. The summed E-state index contributed by atoms with van der Waals surface area (Å²) in [5.74, 6) is 3.19. The number of nitrogens with two attached hydrogens (primary N) is 1. The van der Waals surface area contributed by atoms with Crippen LogP contribution in [0.15, 0.2) is 4.52 Å². The van der Waals surface area contributed by atoms with Crippen LogP contribution in [0.3, 0.4) is 0 Å². The van der Waals surface area contributed by atoms with Crippen LogP contribution in [0.4, 0.5) is 0 Å². The quantitative estimate of drug-likeness (QED) is 0.879. The Balaban J connectivity index is 1.93. The van der Waals surface area contributed by atoms with Crippen molar-refractivity contribution in [3.05, 3.63) is 11.7 Å². The Kier molecular flexibility index (Phi) is 4.97. The van der Waals surface area contributed by atoms with E-state index in [4.69, 9.17) is 10.3 Å². The first-order valence-electron chi connectivity index (χ1n) is 7.70. The van der Waals surface area contributed by atoms with Crippen LogP contribution in [-0.4, -0.2) is 10.1 Å². The first-order chi connectivity index (χ1) is 9.11. The first kappa shape index (κ1) is 14.5. The minimum absolute atomic E-state index is 0.141. The van der Waals surface area contributed by atoms with Gasteiger partial charge in [-0.05, 0) is 37.5 Å². The lowest BCUT2D eigenvalue weighted by atomic mass is 9.80. The lowest BCUT2D eigenvalue weighted by Gasteiger charge is -2.26. The Morgan fingerprint density at radius 1 is 1.26 bits per heavy atom. The van der Waals surface area contributed by atoms with Crippen molar-refractivity contribution in [3.8, 4) is 0 Å². The molecule has 4 heteroatoms. The highest BCUT2D eigenvalue weighted by atomic mass is 16.5. The third kappa shape index (κ3) is 3.56. The fourth-order valence-corrected chi connectivity index (χ4v) is 2.95. The van der Waals surface area contributed by atoms with E-state index in [0.717, 1.165) is 11.7 Å². The Labute approximate surface area is 116 Å². The van der Waals surface area contributed by atoms with E-state index >= 15 is 0 Å². The van der Waals surface area contributed by atoms with E-state index in [1.54, 1.807) is 0 Å². The molecule has 1 aromatic heterocycles. The Morgan fingerprint density at radius 3 is 2.53 bits per heavy atom. The Bertz CT molecular complexity index is 380. The molecule has 1 unspecified atom stereocenters. The molecule has 0 amide bonds. The zero-order valence-electron chi connectivity index (χ0n) is 12.4. The van der Waals surface area contributed by atoms with Crippen LogP contribution in [-0.2, 0) is 0 Å². The van der Waals surface area contributed by atoms with E-state index in [9.17, 15) is 0 Å². The average Bonchev–Trinajstić information content (AvgIpc) is 2.88. The van der Waals surface area contributed by atoms with Crippen LogP contribution in [0.1, 0.15) is 83.0 Å². The van der Waals surface area contributed by atoms with Crippen LogP contribution in [0.2, 0.25) is 0 Å². The molecule has 0 radical (unpaired) electrons. The highest BCUT2D eigenvalue weighted by Gasteiger charge is 2.27.